The van der Waals surface area contributed by atoms with Crippen molar-refractivity contribution in [2.75, 3.05) is 19.8 Å². The second kappa shape index (κ2) is 9.23. The van der Waals surface area contributed by atoms with Crippen LogP contribution >= 0.6 is 24.2 Å². The first-order valence-electron chi connectivity index (χ1n) is 6.49. The molecule has 3 nitrogen and oxygen atoms in total. The lowest BCUT2D eigenvalue weighted by Gasteiger charge is -2.07. The Hall–Kier alpha value is -0.710. The third-order valence-corrected chi connectivity index (χ3v) is 3.20. The van der Waals surface area contributed by atoms with E-state index in [2.05, 4.69) is 24.9 Å². The van der Waals surface area contributed by atoms with E-state index < -0.39 is 0 Å². The molecule has 0 fully saturated rings. The zero-order valence-electron chi connectivity index (χ0n) is 11.1. The summed E-state index contributed by atoms with van der Waals surface area (Å²) in [6, 6.07) is 5.09. The highest BCUT2D eigenvalue weighted by molar-refractivity contribution is 7.80. The minimum atomic E-state index is -0.172. The van der Waals surface area contributed by atoms with Crippen LogP contribution in [0.1, 0.15) is 36.5 Å². The molecule has 0 bridgehead atoms. The van der Waals surface area contributed by atoms with Crippen LogP contribution in [-0.4, -0.2) is 25.7 Å². The van der Waals surface area contributed by atoms with Gasteiger partial charge in [-0.2, -0.15) is 0 Å². The number of amides is 1. The molecule has 1 rings (SSSR count). The summed E-state index contributed by atoms with van der Waals surface area (Å²) in [7, 11) is 0. The van der Waals surface area contributed by atoms with E-state index in [1.54, 1.807) is 18.2 Å². The highest BCUT2D eigenvalue weighted by Crippen LogP contribution is 2.19. The summed E-state index contributed by atoms with van der Waals surface area (Å²) in [5, 5.41) is 3.26. The van der Waals surface area contributed by atoms with Gasteiger partial charge in [0.1, 0.15) is 0 Å². The molecule has 1 N–H and O–H groups in total. The molecule has 0 atom stereocenters. The first-order valence-corrected chi connectivity index (χ1v) is 7.32. The third-order valence-electron chi connectivity index (χ3n) is 2.59. The number of ether oxygens (including phenoxy) is 1. The summed E-state index contributed by atoms with van der Waals surface area (Å²) in [6.07, 6.45) is 3.01. The van der Waals surface area contributed by atoms with Gasteiger partial charge < -0.3 is 10.1 Å². The molecule has 0 aliphatic rings. The van der Waals surface area contributed by atoms with E-state index in [4.69, 9.17) is 16.3 Å². The molecule has 0 unspecified atom stereocenters. The van der Waals surface area contributed by atoms with Crippen molar-refractivity contribution >= 4 is 30.1 Å². The van der Waals surface area contributed by atoms with Crippen LogP contribution < -0.4 is 5.32 Å². The van der Waals surface area contributed by atoms with E-state index in [9.17, 15) is 4.79 Å². The largest absolute Gasteiger partial charge is 0.381 e. The van der Waals surface area contributed by atoms with Gasteiger partial charge in [0.05, 0.1) is 10.6 Å². The van der Waals surface area contributed by atoms with Crippen LogP contribution in [0.4, 0.5) is 0 Å². The summed E-state index contributed by atoms with van der Waals surface area (Å²) in [4.78, 5) is 12.6. The van der Waals surface area contributed by atoms with E-state index >= 15 is 0 Å². The molecule has 0 aromatic heterocycles. The Labute approximate surface area is 125 Å². The lowest BCUT2D eigenvalue weighted by molar-refractivity contribution is 0.0940. The van der Waals surface area contributed by atoms with Gasteiger partial charge in [-0.1, -0.05) is 24.9 Å². The normalized spacial score (nSPS) is 10.5. The molecule has 0 saturated heterocycles. The predicted octanol–water partition coefficient (Wildman–Crippen LogP) is 3.57. The highest BCUT2D eigenvalue weighted by Gasteiger charge is 2.09. The zero-order chi connectivity index (χ0) is 14.1. The van der Waals surface area contributed by atoms with Crippen LogP contribution in [0, 0.1) is 0 Å². The summed E-state index contributed by atoms with van der Waals surface area (Å²) >= 11 is 10.2. The second-order valence-corrected chi connectivity index (χ2v) is 5.16. The van der Waals surface area contributed by atoms with Crippen molar-refractivity contribution in [3.8, 4) is 0 Å². The van der Waals surface area contributed by atoms with E-state index in [1.807, 2.05) is 0 Å². The van der Waals surface area contributed by atoms with Crippen molar-refractivity contribution < 1.29 is 9.53 Å². The van der Waals surface area contributed by atoms with Crippen LogP contribution in [0.3, 0.4) is 0 Å². The summed E-state index contributed by atoms with van der Waals surface area (Å²) in [6.45, 7) is 4.17. The molecule has 0 heterocycles. The lowest BCUT2D eigenvalue weighted by Crippen LogP contribution is -2.25. The molecular formula is C14H20ClNO2S. The van der Waals surface area contributed by atoms with Crippen LogP contribution in [-0.2, 0) is 4.74 Å². The van der Waals surface area contributed by atoms with Gasteiger partial charge in [0, 0.05) is 24.7 Å². The fraction of sp³-hybridized carbons (Fsp3) is 0.500. The Morgan fingerprint density at radius 1 is 1.37 bits per heavy atom. The predicted molar refractivity (Wildman–Crippen MR) is 81.4 cm³/mol. The van der Waals surface area contributed by atoms with Crippen LogP contribution in [0.5, 0.6) is 0 Å². The quantitative estimate of drug-likeness (QED) is 0.569. The Bertz CT molecular complexity index is 412. The minimum absolute atomic E-state index is 0.172. The number of carbonyl (C=O) groups excluding carboxylic acids is 1. The van der Waals surface area contributed by atoms with E-state index in [1.165, 1.54) is 0 Å². The maximum absolute atomic E-state index is 11.9. The molecular weight excluding hydrogens is 282 g/mol. The fourth-order valence-electron chi connectivity index (χ4n) is 1.51. The van der Waals surface area contributed by atoms with Crippen LogP contribution in [0.15, 0.2) is 23.1 Å². The highest BCUT2D eigenvalue weighted by atomic mass is 35.5. The topological polar surface area (TPSA) is 38.3 Å². The van der Waals surface area contributed by atoms with Gasteiger partial charge in [0.25, 0.3) is 5.91 Å². The molecule has 1 amide bonds. The van der Waals surface area contributed by atoms with Gasteiger partial charge in [-0.05, 0) is 31.0 Å². The van der Waals surface area contributed by atoms with Crippen LogP contribution in [0.25, 0.3) is 0 Å². The molecule has 0 aliphatic heterocycles. The number of hydrogen-bond donors (Lipinski definition) is 2. The molecule has 0 aliphatic carbocycles. The summed E-state index contributed by atoms with van der Waals surface area (Å²) < 4.78 is 5.41. The minimum Gasteiger partial charge on any atom is -0.381 e. The lowest BCUT2D eigenvalue weighted by atomic mass is 10.2. The number of unbranched alkanes of at least 4 members (excludes halogenated alkanes) is 1. The Kier molecular flexibility index (Phi) is 7.94. The second-order valence-electron chi connectivity index (χ2n) is 4.24. The number of thiol groups is 1. The molecule has 1 aromatic carbocycles. The molecule has 106 valence electrons. The van der Waals surface area contributed by atoms with Gasteiger partial charge in [-0.3, -0.25) is 4.79 Å². The molecule has 0 spiro atoms. The average Bonchev–Trinajstić information content (AvgIpc) is 2.40. The first kappa shape index (κ1) is 16.3. The van der Waals surface area contributed by atoms with Gasteiger partial charge in [0.2, 0.25) is 0 Å². The van der Waals surface area contributed by atoms with E-state index in [0.717, 1.165) is 30.8 Å². The summed E-state index contributed by atoms with van der Waals surface area (Å²) in [5.74, 6) is -0.172. The number of benzene rings is 1. The smallest absolute Gasteiger partial charge is 0.252 e. The number of nitrogens with one attached hydrogen (secondary N) is 1. The van der Waals surface area contributed by atoms with Crippen molar-refractivity contribution in [3.63, 3.8) is 0 Å². The maximum atomic E-state index is 11.9. The number of hydrogen-bond acceptors (Lipinski definition) is 3. The van der Waals surface area contributed by atoms with Crippen molar-refractivity contribution in [2.24, 2.45) is 0 Å². The zero-order valence-corrected chi connectivity index (χ0v) is 12.8. The van der Waals surface area contributed by atoms with Crippen molar-refractivity contribution in [1.82, 2.24) is 5.32 Å². The first-order chi connectivity index (χ1) is 9.15. The number of carbonyl (C=O) groups is 1. The Morgan fingerprint density at radius 2 is 2.11 bits per heavy atom. The van der Waals surface area contributed by atoms with Crippen molar-refractivity contribution in [1.29, 1.82) is 0 Å². The average molecular weight is 302 g/mol. The van der Waals surface area contributed by atoms with Crippen LogP contribution in [0.2, 0.25) is 5.02 Å². The van der Waals surface area contributed by atoms with Gasteiger partial charge >= 0.3 is 0 Å². The van der Waals surface area contributed by atoms with Gasteiger partial charge in [-0.15, -0.1) is 12.6 Å². The van der Waals surface area contributed by atoms with Gasteiger partial charge in [-0.25, -0.2) is 0 Å². The third kappa shape index (κ3) is 6.32. The molecule has 19 heavy (non-hydrogen) atoms. The van der Waals surface area contributed by atoms with E-state index in [0.29, 0.717) is 23.7 Å². The molecule has 0 radical (unpaired) electrons. The molecule has 0 saturated carbocycles. The fourth-order valence-corrected chi connectivity index (χ4v) is 1.91. The van der Waals surface area contributed by atoms with Gasteiger partial charge in [0.15, 0.2) is 0 Å². The van der Waals surface area contributed by atoms with E-state index in [-0.39, 0.29) is 5.91 Å². The molecule has 1 aromatic rings. The summed E-state index contributed by atoms with van der Waals surface area (Å²) in [5.41, 5.74) is 0.459. The standard InChI is InChI=1S/C14H20ClNO2S/c1-2-3-8-18-9-4-7-16-14(17)12-10-11(19)5-6-13(12)15/h5-6,10,19H,2-4,7-9H2,1H3,(H,16,17). The monoisotopic (exact) mass is 301 g/mol. The Morgan fingerprint density at radius 3 is 2.84 bits per heavy atom. The number of halogens is 1. The maximum Gasteiger partial charge on any atom is 0.252 e. The SMILES string of the molecule is CCCCOCCCNC(=O)c1cc(S)ccc1Cl. The number of rotatable bonds is 8. The Balaban J connectivity index is 2.26. The van der Waals surface area contributed by atoms with Crippen molar-refractivity contribution in [3.05, 3.63) is 28.8 Å². The van der Waals surface area contributed by atoms with Crippen molar-refractivity contribution in [2.45, 2.75) is 31.1 Å². The molecule has 5 heteroatoms.